The fourth-order valence-electron chi connectivity index (χ4n) is 6.08. The summed E-state index contributed by atoms with van der Waals surface area (Å²) < 4.78 is 5.96. The average Bonchev–Trinajstić information content (AvgIpc) is 3.72. The summed E-state index contributed by atoms with van der Waals surface area (Å²) in [7, 11) is 0. The van der Waals surface area contributed by atoms with Crippen molar-refractivity contribution in [3.05, 3.63) is 101 Å². The third kappa shape index (κ3) is 3.76. The van der Waals surface area contributed by atoms with Crippen LogP contribution in [0, 0.1) is 0 Å². The van der Waals surface area contributed by atoms with Gasteiger partial charge in [0.1, 0.15) is 11.5 Å². The molecule has 6 nitrogen and oxygen atoms in total. The van der Waals surface area contributed by atoms with Crippen molar-refractivity contribution < 1.29 is 9.53 Å². The number of nitrogens with one attached hydrogen (secondary N) is 2. The van der Waals surface area contributed by atoms with Crippen molar-refractivity contribution in [2.75, 3.05) is 23.8 Å². The highest BCUT2D eigenvalue weighted by Crippen LogP contribution is 2.37. The Labute approximate surface area is 221 Å². The maximum Gasteiger partial charge on any atom is 0.274 e. The second-order valence-electron chi connectivity index (χ2n) is 10.4. The number of carbonyl (C=O) groups excluding carboxylic acids is 1. The zero-order valence-electron chi connectivity index (χ0n) is 21.3. The highest BCUT2D eigenvalue weighted by Gasteiger charge is 2.29. The molecule has 0 atom stereocenters. The monoisotopic (exact) mass is 502 g/mol. The Hall–Kier alpha value is -4.45. The van der Waals surface area contributed by atoms with E-state index in [1.807, 2.05) is 41.3 Å². The molecule has 4 N–H and O–H groups in total. The number of anilines is 2. The molecule has 0 spiro atoms. The van der Waals surface area contributed by atoms with Gasteiger partial charge >= 0.3 is 0 Å². The number of amides is 1. The fourth-order valence-corrected chi connectivity index (χ4v) is 6.08. The Kier molecular flexibility index (Phi) is 5.28. The van der Waals surface area contributed by atoms with E-state index in [-0.39, 0.29) is 5.91 Å². The number of nitrogen functional groups attached to an aromatic ring is 1. The van der Waals surface area contributed by atoms with E-state index in [9.17, 15) is 4.79 Å². The van der Waals surface area contributed by atoms with Gasteiger partial charge < -0.3 is 25.3 Å². The molecule has 38 heavy (non-hydrogen) atoms. The molecule has 1 aliphatic carbocycles. The molecule has 0 saturated heterocycles. The molecule has 5 aromatic rings. The number of rotatable bonds is 6. The van der Waals surface area contributed by atoms with Gasteiger partial charge in [0.15, 0.2) is 0 Å². The number of fused-ring (bicyclic) bond motifs is 6. The predicted molar refractivity (Wildman–Crippen MR) is 154 cm³/mol. The van der Waals surface area contributed by atoms with Gasteiger partial charge in [0.25, 0.3) is 5.91 Å². The number of benzene rings is 3. The lowest BCUT2D eigenvalue weighted by atomic mass is 10.1. The third-order valence-corrected chi connectivity index (χ3v) is 8.07. The van der Waals surface area contributed by atoms with Crippen molar-refractivity contribution in [1.29, 1.82) is 0 Å². The Morgan fingerprint density at radius 2 is 1.63 bits per heavy atom. The van der Waals surface area contributed by atoms with Crippen LogP contribution in [0.15, 0.2) is 67.2 Å². The largest absolute Gasteiger partial charge is 0.492 e. The highest BCUT2D eigenvalue weighted by molar-refractivity contribution is 6.10. The molecule has 2 aliphatic rings. The zero-order valence-corrected chi connectivity index (χ0v) is 21.3. The molecule has 0 saturated carbocycles. The molecular weight excluding hydrogens is 472 g/mol. The zero-order chi connectivity index (χ0) is 25.8. The lowest BCUT2D eigenvalue weighted by Gasteiger charge is -2.16. The van der Waals surface area contributed by atoms with E-state index in [0.717, 1.165) is 59.2 Å². The first-order valence-corrected chi connectivity index (χ1v) is 13.3. The molecule has 6 heteroatoms. The summed E-state index contributed by atoms with van der Waals surface area (Å²) in [4.78, 5) is 22.4. The topological polar surface area (TPSA) is 87.1 Å². The summed E-state index contributed by atoms with van der Waals surface area (Å²) in [5.41, 5.74) is 16.3. The number of aryl methyl sites for hydroxylation is 2. The third-order valence-electron chi connectivity index (χ3n) is 8.07. The number of aromatic nitrogens is 2. The number of hydrogen-bond acceptors (Lipinski definition) is 3. The van der Waals surface area contributed by atoms with Crippen molar-refractivity contribution in [2.45, 2.75) is 32.1 Å². The summed E-state index contributed by atoms with van der Waals surface area (Å²) >= 11 is 0. The lowest BCUT2D eigenvalue weighted by molar-refractivity contribution is 0.0985. The van der Waals surface area contributed by atoms with Crippen LogP contribution in [0.4, 0.5) is 11.4 Å². The minimum absolute atomic E-state index is 0.0252. The van der Waals surface area contributed by atoms with E-state index in [0.29, 0.717) is 24.6 Å². The number of ether oxygens (including phenoxy) is 1. The van der Waals surface area contributed by atoms with Crippen LogP contribution in [-0.2, 0) is 30.4 Å². The second kappa shape index (κ2) is 8.84. The van der Waals surface area contributed by atoms with E-state index in [1.165, 1.54) is 34.1 Å². The normalized spacial score (nSPS) is 14.3. The van der Waals surface area contributed by atoms with Gasteiger partial charge in [-0.2, -0.15) is 0 Å². The van der Waals surface area contributed by atoms with Crippen LogP contribution in [0.5, 0.6) is 0 Å². The van der Waals surface area contributed by atoms with Crippen molar-refractivity contribution in [2.24, 2.45) is 0 Å². The first kappa shape index (κ1) is 22.7. The first-order chi connectivity index (χ1) is 18.5. The van der Waals surface area contributed by atoms with Gasteiger partial charge in [0.05, 0.1) is 12.3 Å². The Morgan fingerprint density at radius 3 is 2.47 bits per heavy atom. The Balaban J connectivity index is 1.11. The number of nitrogens with zero attached hydrogens (tertiary/aromatic N) is 1. The van der Waals surface area contributed by atoms with Crippen molar-refractivity contribution >= 4 is 44.8 Å². The summed E-state index contributed by atoms with van der Waals surface area (Å²) in [5.74, 6) is 0.638. The van der Waals surface area contributed by atoms with Crippen LogP contribution < -0.4 is 10.6 Å². The maximum absolute atomic E-state index is 13.6. The van der Waals surface area contributed by atoms with Crippen LogP contribution >= 0.6 is 0 Å². The summed E-state index contributed by atoms with van der Waals surface area (Å²) in [6.45, 7) is 5.35. The molecule has 0 fully saturated rings. The molecule has 0 radical (unpaired) electrons. The number of hydrogen-bond donors (Lipinski definition) is 3. The molecule has 1 aliphatic heterocycles. The van der Waals surface area contributed by atoms with E-state index >= 15 is 0 Å². The maximum atomic E-state index is 13.6. The molecule has 0 unspecified atom stereocenters. The quantitative estimate of drug-likeness (QED) is 0.192. The predicted octanol–water partition coefficient (Wildman–Crippen LogP) is 6.15. The Morgan fingerprint density at radius 1 is 0.895 bits per heavy atom. The van der Waals surface area contributed by atoms with E-state index < -0.39 is 0 Å². The molecule has 1 amide bonds. The van der Waals surface area contributed by atoms with Crippen LogP contribution in [-0.4, -0.2) is 29.0 Å². The summed E-state index contributed by atoms with van der Waals surface area (Å²) in [6, 6.07) is 20.4. The van der Waals surface area contributed by atoms with Crippen LogP contribution in [0.3, 0.4) is 0 Å². The van der Waals surface area contributed by atoms with Gasteiger partial charge in [-0.25, -0.2) is 0 Å². The second-order valence-corrected chi connectivity index (χ2v) is 10.4. The number of aromatic amines is 2. The van der Waals surface area contributed by atoms with Gasteiger partial charge in [0, 0.05) is 46.1 Å². The number of carbonyl (C=O) groups is 1. The molecule has 190 valence electrons. The van der Waals surface area contributed by atoms with Crippen molar-refractivity contribution in [3.8, 4) is 0 Å². The standard InChI is InChI=1S/C32H30N4O2/c1-19(38-16-14-20-5-8-22(33)9-6-20)29-17-26-24-13-15-36(31(24)12-11-28(26)34-29)32(37)30-18-25-23-4-2-3-21(23)7-10-27(25)35-30/h5-12,17-18,34-35H,1-4,13-16,33H2. The van der Waals surface area contributed by atoms with Crippen molar-refractivity contribution in [3.63, 3.8) is 0 Å². The SMILES string of the molecule is C=C(OCCc1ccc(N)cc1)c1cc2c3c(ccc2[nH]1)N(C(=O)c1cc2c4c(ccc2[nH]1)CCC4)CC3. The number of H-pyrrole nitrogens is 2. The minimum atomic E-state index is 0.0252. The van der Waals surface area contributed by atoms with Crippen molar-refractivity contribution in [1.82, 2.24) is 9.97 Å². The van der Waals surface area contributed by atoms with Gasteiger partial charge in [-0.15, -0.1) is 0 Å². The van der Waals surface area contributed by atoms with E-state index in [2.05, 4.69) is 40.8 Å². The van der Waals surface area contributed by atoms with Crippen LogP contribution in [0.1, 0.15) is 44.9 Å². The molecule has 0 bridgehead atoms. The highest BCUT2D eigenvalue weighted by atomic mass is 16.5. The van der Waals surface area contributed by atoms with Gasteiger partial charge in [-0.3, -0.25) is 4.79 Å². The molecule has 2 aromatic heterocycles. The minimum Gasteiger partial charge on any atom is -0.492 e. The van der Waals surface area contributed by atoms with Gasteiger partial charge in [0.2, 0.25) is 0 Å². The Bertz CT molecular complexity index is 1720. The molecule has 7 rings (SSSR count). The summed E-state index contributed by atoms with van der Waals surface area (Å²) in [6.07, 6.45) is 5.01. The van der Waals surface area contributed by atoms with E-state index in [1.54, 1.807) is 0 Å². The average molecular weight is 503 g/mol. The summed E-state index contributed by atoms with van der Waals surface area (Å²) in [5, 5.41) is 2.31. The molecule has 3 aromatic carbocycles. The fraction of sp³-hybridized carbons (Fsp3) is 0.219. The molecule has 3 heterocycles. The van der Waals surface area contributed by atoms with E-state index in [4.69, 9.17) is 10.5 Å². The van der Waals surface area contributed by atoms with Gasteiger partial charge in [-0.05, 0) is 90.4 Å². The van der Waals surface area contributed by atoms with Crippen LogP contribution in [0.25, 0.3) is 27.6 Å². The van der Waals surface area contributed by atoms with Gasteiger partial charge in [-0.1, -0.05) is 24.8 Å². The molecular formula is C32H30N4O2. The van der Waals surface area contributed by atoms with Crippen LogP contribution in [0.2, 0.25) is 0 Å². The lowest BCUT2D eigenvalue weighted by Crippen LogP contribution is -2.29. The number of nitrogens with two attached hydrogens (primary N) is 1. The smallest absolute Gasteiger partial charge is 0.274 e. The first-order valence-electron chi connectivity index (χ1n) is 13.3.